The van der Waals surface area contributed by atoms with Crippen molar-refractivity contribution < 1.29 is 4.79 Å². The third-order valence-corrected chi connectivity index (χ3v) is 4.09. The van der Waals surface area contributed by atoms with Crippen LogP contribution in [0.4, 0.5) is 11.4 Å². The van der Waals surface area contributed by atoms with Gasteiger partial charge in [-0.05, 0) is 55.9 Å². The Morgan fingerprint density at radius 3 is 2.42 bits per heavy atom. The zero-order valence-corrected chi connectivity index (χ0v) is 14.7. The molecule has 5 nitrogen and oxygen atoms in total. The minimum atomic E-state index is -0.0563. The lowest BCUT2D eigenvalue weighted by molar-refractivity contribution is -0.111. The minimum absolute atomic E-state index is 0.0563. The number of carbonyl (C=O) groups excluding carboxylic acids is 1. The second-order valence-corrected chi connectivity index (χ2v) is 5.79. The number of hydrogen-bond acceptors (Lipinski definition) is 5. The topological polar surface area (TPSA) is 70.7 Å². The maximum absolute atomic E-state index is 11.5. The van der Waals surface area contributed by atoms with Crippen LogP contribution in [0.5, 0.6) is 0 Å². The smallest absolute Gasteiger partial charge is 0.183 e. The SMILES string of the molecule is CCN(CC)CCNc1ccc(N=C2C=C(C)C(=O)C=C2N)cc1. The highest BCUT2D eigenvalue weighted by atomic mass is 16.1. The molecule has 24 heavy (non-hydrogen) atoms. The molecular formula is C19H26N4O. The van der Waals surface area contributed by atoms with Crippen molar-refractivity contribution in [3.8, 4) is 0 Å². The molecule has 0 fully saturated rings. The van der Waals surface area contributed by atoms with Crippen molar-refractivity contribution in [1.82, 2.24) is 4.90 Å². The average Bonchev–Trinajstić information content (AvgIpc) is 2.58. The van der Waals surface area contributed by atoms with E-state index >= 15 is 0 Å². The molecule has 1 aliphatic rings. The van der Waals surface area contributed by atoms with Crippen LogP contribution in [0.15, 0.2) is 52.7 Å². The first-order valence-electron chi connectivity index (χ1n) is 8.38. The number of carbonyl (C=O) groups is 1. The normalized spacial score (nSPS) is 16.3. The van der Waals surface area contributed by atoms with E-state index in [-0.39, 0.29) is 5.78 Å². The van der Waals surface area contributed by atoms with Gasteiger partial charge in [0.25, 0.3) is 0 Å². The van der Waals surface area contributed by atoms with Crippen LogP contribution in [0.1, 0.15) is 20.8 Å². The van der Waals surface area contributed by atoms with Crippen molar-refractivity contribution in [3.63, 3.8) is 0 Å². The summed E-state index contributed by atoms with van der Waals surface area (Å²) in [6, 6.07) is 7.90. The molecule has 0 bridgehead atoms. The highest BCUT2D eigenvalue weighted by Crippen LogP contribution is 2.19. The Morgan fingerprint density at radius 1 is 1.12 bits per heavy atom. The van der Waals surface area contributed by atoms with E-state index in [0.29, 0.717) is 17.0 Å². The number of nitrogens with two attached hydrogens (primary N) is 1. The van der Waals surface area contributed by atoms with Crippen molar-refractivity contribution in [1.29, 1.82) is 0 Å². The van der Waals surface area contributed by atoms with Crippen LogP contribution >= 0.6 is 0 Å². The van der Waals surface area contributed by atoms with Crippen molar-refractivity contribution in [2.45, 2.75) is 20.8 Å². The molecule has 0 aromatic heterocycles. The highest BCUT2D eigenvalue weighted by molar-refractivity contribution is 6.21. The molecule has 1 aromatic carbocycles. The van der Waals surface area contributed by atoms with Gasteiger partial charge in [0.1, 0.15) is 0 Å². The van der Waals surface area contributed by atoms with E-state index in [4.69, 9.17) is 5.73 Å². The molecule has 0 saturated heterocycles. The van der Waals surface area contributed by atoms with Crippen LogP contribution in [0, 0.1) is 0 Å². The number of rotatable bonds is 7. The molecule has 0 radical (unpaired) electrons. The monoisotopic (exact) mass is 326 g/mol. The van der Waals surface area contributed by atoms with Crippen LogP contribution in [0.3, 0.4) is 0 Å². The van der Waals surface area contributed by atoms with Crippen LogP contribution in [0.25, 0.3) is 0 Å². The van der Waals surface area contributed by atoms with E-state index in [1.807, 2.05) is 24.3 Å². The molecule has 0 heterocycles. The van der Waals surface area contributed by atoms with Gasteiger partial charge in [0, 0.05) is 24.9 Å². The molecule has 128 valence electrons. The van der Waals surface area contributed by atoms with Gasteiger partial charge in [0.2, 0.25) is 0 Å². The lowest BCUT2D eigenvalue weighted by Gasteiger charge is -2.18. The first-order valence-corrected chi connectivity index (χ1v) is 8.38. The second-order valence-electron chi connectivity index (χ2n) is 5.79. The van der Waals surface area contributed by atoms with Gasteiger partial charge in [-0.1, -0.05) is 13.8 Å². The number of hydrogen-bond donors (Lipinski definition) is 2. The number of anilines is 1. The van der Waals surface area contributed by atoms with Crippen molar-refractivity contribution in [3.05, 3.63) is 47.7 Å². The summed E-state index contributed by atoms with van der Waals surface area (Å²) in [5, 5.41) is 3.41. The van der Waals surface area contributed by atoms with E-state index in [9.17, 15) is 4.79 Å². The van der Waals surface area contributed by atoms with Gasteiger partial charge in [-0.3, -0.25) is 4.79 Å². The number of allylic oxidation sites excluding steroid dienone is 3. The summed E-state index contributed by atoms with van der Waals surface area (Å²) in [5.41, 5.74) is 9.45. The van der Waals surface area contributed by atoms with Gasteiger partial charge >= 0.3 is 0 Å². The van der Waals surface area contributed by atoms with Gasteiger partial charge in [0.15, 0.2) is 5.78 Å². The Bertz CT molecular complexity index is 667. The fourth-order valence-electron chi connectivity index (χ4n) is 2.48. The fraction of sp³-hybridized carbons (Fsp3) is 0.368. The second kappa shape index (κ2) is 8.45. The van der Waals surface area contributed by atoms with E-state index < -0.39 is 0 Å². The molecule has 2 rings (SSSR count). The molecule has 3 N–H and O–H groups in total. The molecule has 0 spiro atoms. The van der Waals surface area contributed by atoms with E-state index in [2.05, 4.69) is 29.1 Å². The number of nitrogens with zero attached hydrogens (tertiary/aromatic N) is 2. The molecule has 1 aromatic rings. The van der Waals surface area contributed by atoms with E-state index in [1.165, 1.54) is 6.08 Å². The highest BCUT2D eigenvalue weighted by Gasteiger charge is 2.13. The summed E-state index contributed by atoms with van der Waals surface area (Å²) >= 11 is 0. The quantitative estimate of drug-likeness (QED) is 0.756. The number of benzene rings is 1. The van der Waals surface area contributed by atoms with Crippen LogP contribution in [0.2, 0.25) is 0 Å². The molecule has 0 saturated carbocycles. The Labute approximate surface area is 143 Å². The molecule has 0 aliphatic heterocycles. The predicted octanol–water partition coefficient (Wildman–Crippen LogP) is 2.88. The summed E-state index contributed by atoms with van der Waals surface area (Å²) in [5.74, 6) is -0.0563. The third kappa shape index (κ3) is 4.80. The van der Waals surface area contributed by atoms with Crippen molar-refractivity contribution in [2.75, 3.05) is 31.5 Å². The number of ketones is 1. The number of nitrogens with one attached hydrogen (secondary N) is 1. The zero-order chi connectivity index (χ0) is 17.5. The van der Waals surface area contributed by atoms with Gasteiger partial charge in [-0.2, -0.15) is 0 Å². The number of aliphatic imine (C=N–C) groups is 1. The van der Waals surface area contributed by atoms with Gasteiger partial charge in [-0.15, -0.1) is 0 Å². The molecule has 1 aliphatic carbocycles. The molecule has 5 heteroatoms. The molecule has 0 amide bonds. The first-order chi connectivity index (χ1) is 11.5. The van der Waals surface area contributed by atoms with Gasteiger partial charge in [-0.25, -0.2) is 4.99 Å². The van der Waals surface area contributed by atoms with E-state index in [1.54, 1.807) is 13.0 Å². The number of likely N-dealkylation sites (N-methyl/N-ethyl adjacent to an activating group) is 1. The molecular weight excluding hydrogens is 300 g/mol. The third-order valence-electron chi connectivity index (χ3n) is 4.09. The Hall–Kier alpha value is -2.40. The summed E-state index contributed by atoms with van der Waals surface area (Å²) in [7, 11) is 0. The summed E-state index contributed by atoms with van der Waals surface area (Å²) in [6.07, 6.45) is 3.16. The first kappa shape index (κ1) is 17.9. The molecule has 0 atom stereocenters. The van der Waals surface area contributed by atoms with Crippen molar-refractivity contribution in [2.24, 2.45) is 10.7 Å². The summed E-state index contributed by atoms with van der Waals surface area (Å²) < 4.78 is 0. The summed E-state index contributed by atoms with van der Waals surface area (Å²) in [4.78, 5) is 18.4. The van der Waals surface area contributed by atoms with Crippen molar-refractivity contribution >= 4 is 22.9 Å². The lowest BCUT2D eigenvalue weighted by Crippen LogP contribution is -2.28. The van der Waals surface area contributed by atoms with Gasteiger partial charge < -0.3 is 16.0 Å². The standard InChI is InChI=1S/C19H26N4O/c1-4-23(5-2)11-10-21-15-6-8-16(9-7-15)22-18-12-14(3)19(24)13-17(18)20/h6-9,12-13,21H,4-5,10-11,20H2,1-3H3. The Kier molecular flexibility index (Phi) is 6.32. The summed E-state index contributed by atoms with van der Waals surface area (Å²) in [6.45, 7) is 10.2. The maximum Gasteiger partial charge on any atom is 0.183 e. The van der Waals surface area contributed by atoms with E-state index in [0.717, 1.165) is 37.6 Å². The van der Waals surface area contributed by atoms with Crippen LogP contribution in [-0.4, -0.2) is 42.6 Å². The molecule has 0 unspecified atom stereocenters. The largest absolute Gasteiger partial charge is 0.397 e. The fourth-order valence-corrected chi connectivity index (χ4v) is 2.48. The minimum Gasteiger partial charge on any atom is -0.397 e. The lowest BCUT2D eigenvalue weighted by atomic mass is 10.0. The predicted molar refractivity (Wildman–Crippen MR) is 101 cm³/mol. The Morgan fingerprint density at radius 2 is 1.79 bits per heavy atom. The zero-order valence-electron chi connectivity index (χ0n) is 14.7. The Balaban J connectivity index is 1.98. The van der Waals surface area contributed by atoms with Crippen LogP contribution < -0.4 is 11.1 Å². The maximum atomic E-state index is 11.5. The average molecular weight is 326 g/mol. The van der Waals surface area contributed by atoms with Gasteiger partial charge in [0.05, 0.1) is 17.1 Å². The van der Waals surface area contributed by atoms with Crippen LogP contribution in [-0.2, 0) is 4.79 Å².